The summed E-state index contributed by atoms with van der Waals surface area (Å²) in [6.07, 6.45) is 2.41. The zero-order valence-corrected chi connectivity index (χ0v) is 8.62. The summed E-state index contributed by atoms with van der Waals surface area (Å²) in [6, 6.07) is 3.90. The van der Waals surface area contributed by atoms with Crippen LogP contribution in [0.1, 0.15) is 49.9 Å². The van der Waals surface area contributed by atoms with E-state index in [2.05, 4.69) is 23.7 Å². The average Bonchev–Trinajstić information content (AvgIpc) is 3.00. The summed E-state index contributed by atoms with van der Waals surface area (Å²) in [5.74, 6) is 1.02. The Morgan fingerprint density at radius 1 is 1.43 bits per heavy atom. The molecule has 1 aromatic rings. The van der Waals surface area contributed by atoms with Crippen LogP contribution < -0.4 is 0 Å². The van der Waals surface area contributed by atoms with E-state index < -0.39 is 0 Å². The summed E-state index contributed by atoms with van der Waals surface area (Å²) in [5.41, 5.74) is 2.89. The molecule has 0 aromatic carbocycles. The van der Waals surface area contributed by atoms with E-state index in [0.717, 1.165) is 17.1 Å². The van der Waals surface area contributed by atoms with Crippen LogP contribution in [-0.4, -0.2) is 4.98 Å². The molecule has 1 aliphatic rings. The zero-order chi connectivity index (χ0) is 10.1. The lowest BCUT2D eigenvalue weighted by Gasteiger charge is -2.08. The zero-order valence-electron chi connectivity index (χ0n) is 8.62. The van der Waals surface area contributed by atoms with E-state index in [-0.39, 0.29) is 0 Å². The maximum atomic E-state index is 7.07. The van der Waals surface area contributed by atoms with Crippen molar-refractivity contribution in [1.82, 2.24) is 4.98 Å². The Morgan fingerprint density at radius 2 is 2.14 bits per heavy atom. The standard InChI is InChI=1S/C12H14N2/c1-8(2)10-6-7-11(13-3)12(14-10)9-4-5-9/h6-9H,4-5H2,1-2H3. The Bertz CT molecular complexity index is 384. The van der Waals surface area contributed by atoms with Gasteiger partial charge in [0.25, 0.3) is 0 Å². The van der Waals surface area contributed by atoms with E-state index in [4.69, 9.17) is 6.57 Å². The summed E-state index contributed by atoms with van der Waals surface area (Å²) in [7, 11) is 0. The summed E-state index contributed by atoms with van der Waals surface area (Å²) < 4.78 is 0. The second-order valence-corrected chi connectivity index (χ2v) is 4.18. The number of hydrogen-bond donors (Lipinski definition) is 0. The van der Waals surface area contributed by atoms with Crippen LogP contribution in [0.5, 0.6) is 0 Å². The van der Waals surface area contributed by atoms with Gasteiger partial charge >= 0.3 is 0 Å². The molecule has 0 aliphatic heterocycles. The third-order valence-corrected chi connectivity index (χ3v) is 2.60. The molecule has 2 rings (SSSR count). The first-order chi connectivity index (χ1) is 6.72. The fourth-order valence-electron chi connectivity index (χ4n) is 1.56. The molecule has 2 nitrogen and oxygen atoms in total. The highest BCUT2D eigenvalue weighted by Gasteiger charge is 2.27. The first kappa shape index (κ1) is 9.21. The average molecular weight is 186 g/mol. The topological polar surface area (TPSA) is 17.2 Å². The van der Waals surface area contributed by atoms with Gasteiger partial charge in [0, 0.05) is 5.69 Å². The normalized spacial score (nSPS) is 15.6. The van der Waals surface area contributed by atoms with E-state index in [1.165, 1.54) is 12.8 Å². The van der Waals surface area contributed by atoms with Crippen molar-refractivity contribution in [2.24, 2.45) is 0 Å². The molecule has 0 amide bonds. The van der Waals surface area contributed by atoms with E-state index in [1.54, 1.807) is 0 Å². The second-order valence-electron chi connectivity index (χ2n) is 4.18. The molecule has 0 atom stereocenters. The molecule has 0 spiro atoms. The van der Waals surface area contributed by atoms with Gasteiger partial charge in [-0.05, 0) is 24.7 Å². The lowest BCUT2D eigenvalue weighted by molar-refractivity contribution is 0.807. The molecule has 1 saturated carbocycles. The molecule has 2 heteroatoms. The van der Waals surface area contributed by atoms with E-state index in [1.807, 2.05) is 12.1 Å². The van der Waals surface area contributed by atoms with Crippen molar-refractivity contribution in [1.29, 1.82) is 0 Å². The maximum absolute atomic E-state index is 7.07. The highest BCUT2D eigenvalue weighted by Crippen LogP contribution is 2.43. The number of pyridine rings is 1. The third-order valence-electron chi connectivity index (χ3n) is 2.60. The Morgan fingerprint density at radius 3 is 2.64 bits per heavy atom. The summed E-state index contributed by atoms with van der Waals surface area (Å²) in [4.78, 5) is 8.11. The van der Waals surface area contributed by atoms with E-state index in [9.17, 15) is 0 Å². The maximum Gasteiger partial charge on any atom is 0.208 e. The van der Waals surface area contributed by atoms with Crippen molar-refractivity contribution in [2.45, 2.75) is 38.5 Å². The quantitative estimate of drug-likeness (QED) is 0.644. The SMILES string of the molecule is [C-]#[N+]c1ccc(C(C)C)nc1C1CC1. The minimum atomic E-state index is 0.451. The van der Waals surface area contributed by atoms with Gasteiger partial charge in [-0.2, -0.15) is 0 Å². The van der Waals surface area contributed by atoms with Crippen LogP contribution in [0.3, 0.4) is 0 Å². The van der Waals surface area contributed by atoms with Gasteiger partial charge in [-0.25, -0.2) is 4.85 Å². The van der Waals surface area contributed by atoms with Gasteiger partial charge in [-0.1, -0.05) is 26.0 Å². The van der Waals surface area contributed by atoms with Gasteiger partial charge < -0.3 is 0 Å². The van der Waals surface area contributed by atoms with Gasteiger partial charge in [0.1, 0.15) is 0 Å². The van der Waals surface area contributed by atoms with Crippen molar-refractivity contribution in [3.8, 4) is 0 Å². The monoisotopic (exact) mass is 186 g/mol. The molecule has 1 fully saturated rings. The number of aromatic nitrogens is 1. The molecule has 0 N–H and O–H groups in total. The van der Waals surface area contributed by atoms with Crippen molar-refractivity contribution < 1.29 is 0 Å². The van der Waals surface area contributed by atoms with E-state index >= 15 is 0 Å². The largest absolute Gasteiger partial charge is 0.269 e. The molecule has 1 aromatic heterocycles. The van der Waals surface area contributed by atoms with Crippen molar-refractivity contribution >= 4 is 5.69 Å². The molecular formula is C12H14N2. The predicted molar refractivity (Wildman–Crippen MR) is 56.6 cm³/mol. The fourth-order valence-corrected chi connectivity index (χ4v) is 1.56. The van der Waals surface area contributed by atoms with Crippen LogP contribution in [0.4, 0.5) is 5.69 Å². The number of nitrogens with zero attached hydrogens (tertiary/aromatic N) is 2. The molecule has 0 saturated heterocycles. The minimum Gasteiger partial charge on any atom is -0.269 e. The molecule has 1 aliphatic carbocycles. The van der Waals surface area contributed by atoms with Crippen molar-refractivity contribution in [3.05, 3.63) is 34.9 Å². The van der Waals surface area contributed by atoms with Crippen molar-refractivity contribution in [2.75, 3.05) is 0 Å². The first-order valence-electron chi connectivity index (χ1n) is 5.10. The molecule has 72 valence electrons. The van der Waals surface area contributed by atoms with Crippen LogP contribution >= 0.6 is 0 Å². The van der Waals surface area contributed by atoms with Crippen LogP contribution in [0.25, 0.3) is 4.85 Å². The lowest BCUT2D eigenvalue weighted by atomic mass is 10.1. The molecule has 0 bridgehead atoms. The fraction of sp³-hybridized carbons (Fsp3) is 0.500. The Kier molecular flexibility index (Phi) is 2.25. The van der Waals surface area contributed by atoms with Crippen LogP contribution in [-0.2, 0) is 0 Å². The highest BCUT2D eigenvalue weighted by molar-refractivity contribution is 5.52. The van der Waals surface area contributed by atoms with Crippen LogP contribution in [0.15, 0.2) is 12.1 Å². The van der Waals surface area contributed by atoms with Crippen LogP contribution in [0.2, 0.25) is 0 Å². The van der Waals surface area contributed by atoms with Gasteiger partial charge in [-0.3, -0.25) is 4.98 Å². The Hall–Kier alpha value is -1.36. The molecular weight excluding hydrogens is 172 g/mol. The lowest BCUT2D eigenvalue weighted by Crippen LogP contribution is -1.96. The molecule has 0 radical (unpaired) electrons. The van der Waals surface area contributed by atoms with E-state index in [0.29, 0.717) is 11.8 Å². The Labute approximate surface area is 84.8 Å². The van der Waals surface area contributed by atoms with Crippen molar-refractivity contribution in [3.63, 3.8) is 0 Å². The van der Waals surface area contributed by atoms with Gasteiger partial charge in [0.2, 0.25) is 5.69 Å². The minimum absolute atomic E-state index is 0.451. The smallest absolute Gasteiger partial charge is 0.208 e. The van der Waals surface area contributed by atoms with Crippen LogP contribution in [0, 0.1) is 6.57 Å². The first-order valence-corrected chi connectivity index (χ1v) is 5.10. The predicted octanol–water partition coefficient (Wildman–Crippen LogP) is 3.63. The molecule has 1 heterocycles. The van der Waals surface area contributed by atoms with Gasteiger partial charge in [0.05, 0.1) is 12.3 Å². The molecule has 0 unspecified atom stereocenters. The molecule has 14 heavy (non-hydrogen) atoms. The Balaban J connectivity index is 2.42. The second kappa shape index (κ2) is 3.42. The van der Waals surface area contributed by atoms with Gasteiger partial charge in [0.15, 0.2) is 0 Å². The summed E-state index contributed by atoms with van der Waals surface area (Å²) >= 11 is 0. The summed E-state index contributed by atoms with van der Waals surface area (Å²) in [6.45, 7) is 11.3. The van der Waals surface area contributed by atoms with Gasteiger partial charge in [-0.15, -0.1) is 0 Å². The highest BCUT2D eigenvalue weighted by atomic mass is 14.8. The number of rotatable bonds is 2. The third kappa shape index (κ3) is 1.63. The number of hydrogen-bond acceptors (Lipinski definition) is 1. The summed E-state index contributed by atoms with van der Waals surface area (Å²) in [5, 5.41) is 0.